The second-order valence-electron chi connectivity index (χ2n) is 6.70. The number of anilines is 1. The number of nitrogens with zero attached hydrogens (tertiary/aromatic N) is 4. The van der Waals surface area contributed by atoms with Gasteiger partial charge in [0.05, 0.1) is 38.1 Å². The van der Waals surface area contributed by atoms with Crippen LogP contribution < -0.4 is 15.2 Å². The number of fused-ring (bicyclic) bond motifs is 1. The van der Waals surface area contributed by atoms with Crippen LogP contribution in [0.3, 0.4) is 0 Å². The Balaban J connectivity index is 1.78. The van der Waals surface area contributed by atoms with Crippen molar-refractivity contribution in [2.75, 3.05) is 26.6 Å². The molecule has 0 aromatic heterocycles. The summed E-state index contributed by atoms with van der Waals surface area (Å²) in [5, 5.41) is 11.5. The Kier molecular flexibility index (Phi) is 6.61. The summed E-state index contributed by atoms with van der Waals surface area (Å²) in [6.07, 6.45) is 1.51. The molecule has 2 aliphatic rings. The van der Waals surface area contributed by atoms with Gasteiger partial charge in [-0.1, -0.05) is 29.3 Å². The van der Waals surface area contributed by atoms with Gasteiger partial charge in [0.2, 0.25) is 0 Å². The number of aromatic nitrogens is 4. The zero-order valence-electron chi connectivity index (χ0n) is 17.1. The summed E-state index contributed by atoms with van der Waals surface area (Å²) in [6, 6.07) is 9.99. The zero-order valence-corrected chi connectivity index (χ0v) is 19.4. The van der Waals surface area contributed by atoms with Crippen molar-refractivity contribution in [3.63, 3.8) is 0 Å². The molecule has 0 bridgehead atoms. The van der Waals surface area contributed by atoms with Crippen molar-refractivity contribution in [1.29, 1.82) is 0 Å². The fourth-order valence-corrected chi connectivity index (χ4v) is 4.68. The minimum Gasteiger partial charge on any atom is -0.497 e. The molecule has 8 nitrogen and oxygen atoms in total. The maximum atomic E-state index is 10.2. The number of hydrogen-bond donors (Lipinski definition) is 2. The van der Waals surface area contributed by atoms with Crippen LogP contribution in [-0.4, -0.2) is 45.5 Å². The Morgan fingerprint density at radius 1 is 1.12 bits per heavy atom. The third-order valence-corrected chi connectivity index (χ3v) is 6.30. The second kappa shape index (κ2) is 9.41. The number of benzene rings is 2. The molecular weight excluding hydrogens is 473 g/mol. The predicted molar refractivity (Wildman–Crippen MR) is 124 cm³/mol. The molecule has 2 heterocycles. The summed E-state index contributed by atoms with van der Waals surface area (Å²) in [7, 11) is 3.18. The number of imidazole rings is 1. The van der Waals surface area contributed by atoms with Crippen LogP contribution in [0.25, 0.3) is 11.5 Å². The zero-order chi connectivity index (χ0) is 22.8. The molecule has 4 rings (SSSR count). The fraction of sp³-hybridized carbons (Fsp3) is 0.190. The molecule has 2 aromatic carbocycles. The van der Waals surface area contributed by atoms with Crippen molar-refractivity contribution in [3.05, 3.63) is 58.3 Å². The van der Waals surface area contributed by atoms with Crippen LogP contribution in [0, 0.1) is 0 Å². The first-order chi connectivity index (χ1) is 15.4. The Morgan fingerprint density at radius 2 is 1.94 bits per heavy atom. The molecule has 0 saturated carbocycles. The van der Waals surface area contributed by atoms with Crippen molar-refractivity contribution in [2.24, 2.45) is 0 Å². The van der Waals surface area contributed by atoms with Crippen LogP contribution in [0.2, 0.25) is 10.0 Å². The molecular formula is C21H19Cl2N5O3S. The average molecular weight is 492 g/mol. The highest BCUT2D eigenvalue weighted by Gasteiger charge is 2.26. The first kappa shape index (κ1) is 22.5. The summed E-state index contributed by atoms with van der Waals surface area (Å²) >= 11 is 13.7. The number of nitrogen functional groups attached to an aromatic ring is 1. The highest BCUT2D eigenvalue weighted by molar-refractivity contribution is 7.99. The van der Waals surface area contributed by atoms with Crippen LogP contribution in [0.5, 0.6) is 11.5 Å². The van der Waals surface area contributed by atoms with Crippen LogP contribution >= 0.6 is 35.0 Å². The minimum atomic E-state index is -0.559. The SMILES string of the molecule is COc1ccc(OC)c(Sc2nc3c(N)ncn(C(CO)c4ccc(Cl)cc4Cl)c-3n2)c1. The number of halogens is 2. The van der Waals surface area contributed by atoms with Gasteiger partial charge in [-0.2, -0.15) is 0 Å². The van der Waals surface area contributed by atoms with Gasteiger partial charge in [-0.25, -0.2) is 15.0 Å². The molecule has 11 heteroatoms. The van der Waals surface area contributed by atoms with Gasteiger partial charge in [0.25, 0.3) is 0 Å². The van der Waals surface area contributed by atoms with Crippen molar-refractivity contribution in [1.82, 2.24) is 19.5 Å². The van der Waals surface area contributed by atoms with Gasteiger partial charge >= 0.3 is 0 Å². The average Bonchev–Trinajstić information content (AvgIpc) is 3.21. The minimum absolute atomic E-state index is 0.229. The van der Waals surface area contributed by atoms with E-state index in [1.807, 2.05) is 18.2 Å². The lowest BCUT2D eigenvalue weighted by Crippen LogP contribution is -2.19. The predicted octanol–water partition coefficient (Wildman–Crippen LogP) is 4.42. The molecule has 0 aliphatic carbocycles. The number of methoxy groups -OCH3 is 2. The molecule has 0 saturated heterocycles. The van der Waals surface area contributed by atoms with Gasteiger partial charge in [0.15, 0.2) is 22.5 Å². The summed E-state index contributed by atoms with van der Waals surface area (Å²) in [5.74, 6) is 2.03. The van der Waals surface area contributed by atoms with E-state index in [0.717, 1.165) is 4.90 Å². The normalized spacial score (nSPS) is 12.2. The standard InChI is InChI=1S/C21H19Cl2N5O3S/c1-30-12-4-6-16(31-2)17(8-12)32-21-26-18-19(24)25-10-28(20(18)27-21)15(9-29)13-5-3-11(22)7-14(13)23/h3-8,10,15,29H,9,24H2,1-2H3. The van der Waals surface area contributed by atoms with Crippen molar-refractivity contribution >= 4 is 40.8 Å². The lowest BCUT2D eigenvalue weighted by molar-refractivity contribution is 0.248. The second-order valence-corrected chi connectivity index (χ2v) is 8.55. The maximum Gasteiger partial charge on any atom is 0.195 e. The number of rotatable bonds is 7. The molecule has 32 heavy (non-hydrogen) atoms. The lowest BCUT2D eigenvalue weighted by Gasteiger charge is -2.22. The van der Waals surface area contributed by atoms with Crippen LogP contribution in [0.1, 0.15) is 11.6 Å². The third kappa shape index (κ3) is 4.29. The Morgan fingerprint density at radius 3 is 2.62 bits per heavy atom. The van der Waals surface area contributed by atoms with Gasteiger partial charge in [0.1, 0.15) is 11.5 Å². The molecule has 1 unspecified atom stereocenters. The quantitative estimate of drug-likeness (QED) is 0.391. The number of aliphatic hydroxyl groups excluding tert-OH is 1. The lowest BCUT2D eigenvalue weighted by atomic mass is 10.1. The number of aliphatic hydroxyl groups is 1. The van der Waals surface area contributed by atoms with E-state index in [1.54, 1.807) is 37.0 Å². The summed E-state index contributed by atoms with van der Waals surface area (Å²) < 4.78 is 12.4. The van der Waals surface area contributed by atoms with Gasteiger partial charge in [-0.15, -0.1) is 0 Å². The van der Waals surface area contributed by atoms with Crippen LogP contribution in [0.15, 0.2) is 52.8 Å². The van der Waals surface area contributed by atoms with E-state index in [1.165, 1.54) is 18.1 Å². The van der Waals surface area contributed by atoms with Gasteiger partial charge < -0.3 is 24.9 Å². The third-order valence-electron chi connectivity index (χ3n) is 4.83. The first-order valence-corrected chi connectivity index (χ1v) is 11.0. The van der Waals surface area contributed by atoms with E-state index in [2.05, 4.69) is 15.0 Å². The van der Waals surface area contributed by atoms with Crippen LogP contribution in [0.4, 0.5) is 5.82 Å². The maximum absolute atomic E-state index is 10.2. The molecule has 3 N–H and O–H groups in total. The largest absolute Gasteiger partial charge is 0.497 e. The molecule has 0 fully saturated rings. The number of hydrogen-bond acceptors (Lipinski definition) is 8. The van der Waals surface area contributed by atoms with E-state index in [0.29, 0.717) is 43.8 Å². The van der Waals surface area contributed by atoms with Crippen molar-refractivity contribution < 1.29 is 14.6 Å². The first-order valence-electron chi connectivity index (χ1n) is 9.41. The number of ether oxygens (including phenoxy) is 2. The van der Waals surface area contributed by atoms with Gasteiger partial charge in [-0.05, 0) is 47.7 Å². The monoisotopic (exact) mass is 491 g/mol. The smallest absolute Gasteiger partial charge is 0.195 e. The van der Waals surface area contributed by atoms with Crippen LogP contribution in [-0.2, 0) is 0 Å². The van der Waals surface area contributed by atoms with E-state index in [4.69, 9.17) is 38.4 Å². The highest BCUT2D eigenvalue weighted by Crippen LogP contribution is 2.39. The summed E-state index contributed by atoms with van der Waals surface area (Å²) in [4.78, 5) is 14.2. The van der Waals surface area contributed by atoms with E-state index < -0.39 is 6.04 Å². The molecule has 0 radical (unpaired) electrons. The molecule has 166 valence electrons. The molecule has 0 amide bonds. The van der Waals surface area contributed by atoms with Crippen molar-refractivity contribution in [2.45, 2.75) is 16.1 Å². The number of nitrogens with two attached hydrogens (primary N) is 1. The fourth-order valence-electron chi connectivity index (χ4n) is 3.25. The van der Waals surface area contributed by atoms with Crippen molar-refractivity contribution in [3.8, 4) is 23.0 Å². The van der Waals surface area contributed by atoms with E-state index >= 15 is 0 Å². The Hall–Kier alpha value is -2.72. The van der Waals surface area contributed by atoms with Gasteiger partial charge in [0, 0.05) is 10.0 Å². The molecule has 2 aromatic rings. The molecule has 0 spiro atoms. The van der Waals surface area contributed by atoms with E-state index in [-0.39, 0.29) is 12.4 Å². The highest BCUT2D eigenvalue weighted by atomic mass is 35.5. The van der Waals surface area contributed by atoms with Gasteiger partial charge in [-0.3, -0.25) is 0 Å². The Labute approximate surface area is 198 Å². The molecule has 2 aliphatic heterocycles. The van der Waals surface area contributed by atoms with E-state index in [9.17, 15) is 5.11 Å². The summed E-state index contributed by atoms with van der Waals surface area (Å²) in [5.41, 5.74) is 7.16. The molecule has 1 atom stereocenters. The topological polar surface area (TPSA) is 108 Å². The Bertz CT molecular complexity index is 1240. The summed E-state index contributed by atoms with van der Waals surface area (Å²) in [6.45, 7) is -0.244.